The smallest absolute Gasteiger partial charge is 0.408 e. The molecule has 118 valence electrons. The third kappa shape index (κ3) is 2.00. The Morgan fingerprint density at radius 3 is 2.74 bits per heavy atom. The molecule has 0 N–H and O–H groups in total. The average Bonchev–Trinajstić information content (AvgIpc) is 3.09. The van der Waals surface area contributed by atoms with Crippen LogP contribution in [0.15, 0.2) is 56.6 Å². The predicted molar refractivity (Wildman–Crippen MR) is 86.1 cm³/mol. The minimum Gasteiger partial charge on any atom is -0.408 e. The van der Waals surface area contributed by atoms with Crippen LogP contribution in [0, 0.1) is 0 Å². The van der Waals surface area contributed by atoms with E-state index < -0.39 is 15.8 Å². The van der Waals surface area contributed by atoms with E-state index in [-0.39, 0.29) is 4.90 Å². The second kappa shape index (κ2) is 4.73. The summed E-state index contributed by atoms with van der Waals surface area (Å²) in [4.78, 5) is 11.7. The number of aryl methyl sites for hydroxylation is 1. The molecule has 0 aliphatic carbocycles. The molecule has 1 aliphatic heterocycles. The zero-order valence-corrected chi connectivity index (χ0v) is 13.2. The average molecular weight is 330 g/mol. The molecule has 2 heterocycles. The number of para-hydroxylation sites is 1. The molecule has 23 heavy (non-hydrogen) atoms. The summed E-state index contributed by atoms with van der Waals surface area (Å²) in [6, 6.07) is 12.0. The summed E-state index contributed by atoms with van der Waals surface area (Å²) in [5, 5.41) is 0. The molecule has 0 spiro atoms. The number of oxazole rings is 1. The molecule has 0 unspecified atom stereocenters. The Hall–Kier alpha value is -2.54. The molecule has 0 saturated heterocycles. The predicted octanol–water partition coefficient (Wildman–Crippen LogP) is 1.88. The van der Waals surface area contributed by atoms with Crippen LogP contribution in [0.4, 0.5) is 5.69 Å². The highest BCUT2D eigenvalue weighted by Crippen LogP contribution is 2.33. The lowest BCUT2D eigenvalue weighted by Gasteiger charge is -2.19. The van der Waals surface area contributed by atoms with E-state index in [0.717, 1.165) is 5.56 Å². The highest BCUT2D eigenvalue weighted by Gasteiger charge is 2.31. The number of sulfonamides is 1. The van der Waals surface area contributed by atoms with Gasteiger partial charge in [0.2, 0.25) is 0 Å². The van der Waals surface area contributed by atoms with Gasteiger partial charge in [0.1, 0.15) is 0 Å². The summed E-state index contributed by atoms with van der Waals surface area (Å²) in [6.07, 6.45) is 0.696. The van der Waals surface area contributed by atoms with E-state index in [9.17, 15) is 13.2 Å². The van der Waals surface area contributed by atoms with E-state index in [1.54, 1.807) is 7.05 Å². The van der Waals surface area contributed by atoms with Crippen LogP contribution in [0.2, 0.25) is 0 Å². The fraction of sp³-hybridized carbons (Fsp3) is 0.188. The zero-order chi connectivity index (χ0) is 16.2. The number of hydrogen-bond donors (Lipinski definition) is 0. The highest BCUT2D eigenvalue weighted by molar-refractivity contribution is 7.92. The van der Waals surface area contributed by atoms with Crippen molar-refractivity contribution >= 4 is 26.8 Å². The van der Waals surface area contributed by atoms with Crippen LogP contribution in [-0.2, 0) is 23.5 Å². The van der Waals surface area contributed by atoms with Gasteiger partial charge in [-0.2, -0.15) is 0 Å². The maximum absolute atomic E-state index is 13.0. The van der Waals surface area contributed by atoms with Gasteiger partial charge in [0.25, 0.3) is 10.0 Å². The largest absolute Gasteiger partial charge is 0.419 e. The van der Waals surface area contributed by atoms with Crippen molar-refractivity contribution in [1.82, 2.24) is 4.57 Å². The van der Waals surface area contributed by atoms with Crippen LogP contribution in [-0.4, -0.2) is 19.5 Å². The molecule has 6 nitrogen and oxygen atoms in total. The van der Waals surface area contributed by atoms with Crippen molar-refractivity contribution in [2.75, 3.05) is 10.8 Å². The number of benzene rings is 2. The van der Waals surface area contributed by atoms with E-state index in [4.69, 9.17) is 4.42 Å². The van der Waals surface area contributed by atoms with Gasteiger partial charge in [-0.3, -0.25) is 8.87 Å². The van der Waals surface area contributed by atoms with Gasteiger partial charge < -0.3 is 4.42 Å². The minimum atomic E-state index is -3.67. The Bertz CT molecular complexity index is 1080. The van der Waals surface area contributed by atoms with Gasteiger partial charge >= 0.3 is 5.76 Å². The fourth-order valence-corrected chi connectivity index (χ4v) is 4.48. The topological polar surface area (TPSA) is 72.5 Å². The number of anilines is 1. The molecule has 0 saturated carbocycles. The lowest BCUT2D eigenvalue weighted by molar-refractivity contribution is 0.528. The maximum Gasteiger partial charge on any atom is 0.419 e. The third-order valence-electron chi connectivity index (χ3n) is 4.20. The van der Waals surface area contributed by atoms with Crippen molar-refractivity contribution in [2.45, 2.75) is 11.3 Å². The lowest BCUT2D eigenvalue weighted by Crippen LogP contribution is -2.29. The first kappa shape index (κ1) is 14.1. The first-order chi connectivity index (χ1) is 11.0. The fourth-order valence-electron chi connectivity index (χ4n) is 2.95. The number of fused-ring (bicyclic) bond motifs is 2. The minimum absolute atomic E-state index is 0.151. The molecule has 2 aromatic carbocycles. The van der Waals surface area contributed by atoms with Crippen LogP contribution in [0.5, 0.6) is 0 Å². The third-order valence-corrected chi connectivity index (χ3v) is 6.00. The Morgan fingerprint density at radius 2 is 1.91 bits per heavy atom. The quantitative estimate of drug-likeness (QED) is 0.719. The Balaban J connectivity index is 1.87. The van der Waals surface area contributed by atoms with Crippen molar-refractivity contribution in [2.24, 2.45) is 7.05 Å². The normalized spacial score (nSPS) is 14.4. The standard InChI is InChI=1S/C16H14N2O4S/c1-17-14-10-12(6-7-15(14)22-16(17)19)23(20,21)18-9-8-11-4-2-3-5-13(11)18/h2-7,10H,8-9H2,1H3. The van der Waals surface area contributed by atoms with E-state index in [1.165, 1.54) is 27.1 Å². The molecular weight excluding hydrogens is 316 g/mol. The van der Waals surface area contributed by atoms with Gasteiger partial charge in [-0.25, -0.2) is 13.2 Å². The summed E-state index contributed by atoms with van der Waals surface area (Å²) < 4.78 is 33.7. The second-order valence-electron chi connectivity index (χ2n) is 5.51. The molecule has 0 amide bonds. The van der Waals surface area contributed by atoms with Gasteiger partial charge in [-0.05, 0) is 36.2 Å². The number of hydrogen-bond acceptors (Lipinski definition) is 4. The monoisotopic (exact) mass is 330 g/mol. The number of rotatable bonds is 2. The van der Waals surface area contributed by atoms with Crippen molar-refractivity contribution in [3.05, 3.63) is 58.6 Å². The van der Waals surface area contributed by atoms with Crippen molar-refractivity contribution in [1.29, 1.82) is 0 Å². The summed E-state index contributed by atoms with van der Waals surface area (Å²) in [5.74, 6) is -0.513. The van der Waals surface area contributed by atoms with Crippen molar-refractivity contribution in [3.63, 3.8) is 0 Å². The molecule has 0 bridgehead atoms. The Kier molecular flexibility index (Phi) is 2.89. The van der Waals surface area contributed by atoms with Gasteiger partial charge in [0.15, 0.2) is 5.58 Å². The maximum atomic E-state index is 13.0. The van der Waals surface area contributed by atoms with E-state index in [2.05, 4.69) is 0 Å². The molecule has 0 atom stereocenters. The second-order valence-corrected chi connectivity index (χ2v) is 7.37. The van der Waals surface area contributed by atoms with Gasteiger partial charge in [-0.15, -0.1) is 0 Å². The summed E-state index contributed by atoms with van der Waals surface area (Å²) in [7, 11) is -2.12. The van der Waals surface area contributed by atoms with Crippen LogP contribution in [0.25, 0.3) is 11.1 Å². The summed E-state index contributed by atoms with van der Waals surface area (Å²) in [6.45, 7) is 0.421. The lowest BCUT2D eigenvalue weighted by atomic mass is 10.2. The van der Waals surface area contributed by atoms with E-state index in [0.29, 0.717) is 29.8 Å². The van der Waals surface area contributed by atoms with E-state index >= 15 is 0 Å². The highest BCUT2D eigenvalue weighted by atomic mass is 32.2. The molecule has 0 fully saturated rings. The molecule has 1 aliphatic rings. The number of nitrogens with zero attached hydrogens (tertiary/aromatic N) is 2. The zero-order valence-electron chi connectivity index (χ0n) is 12.4. The molecule has 1 aromatic heterocycles. The molecular formula is C16H14N2O4S. The molecule has 0 radical (unpaired) electrons. The SMILES string of the molecule is Cn1c(=O)oc2ccc(S(=O)(=O)N3CCc4ccccc43)cc21. The first-order valence-electron chi connectivity index (χ1n) is 7.19. The Morgan fingerprint density at radius 1 is 1.13 bits per heavy atom. The first-order valence-corrected chi connectivity index (χ1v) is 8.63. The van der Waals surface area contributed by atoms with Gasteiger partial charge in [0.05, 0.1) is 16.1 Å². The summed E-state index contributed by atoms with van der Waals surface area (Å²) in [5.41, 5.74) is 2.57. The van der Waals surface area contributed by atoms with Crippen LogP contribution in [0.1, 0.15) is 5.56 Å². The van der Waals surface area contributed by atoms with Gasteiger partial charge in [0, 0.05) is 13.6 Å². The molecule has 3 aromatic rings. The van der Waals surface area contributed by atoms with Crippen molar-refractivity contribution in [3.8, 4) is 0 Å². The van der Waals surface area contributed by atoms with Gasteiger partial charge in [-0.1, -0.05) is 18.2 Å². The Labute approximate surface area is 132 Å². The van der Waals surface area contributed by atoms with Crippen LogP contribution < -0.4 is 10.1 Å². The van der Waals surface area contributed by atoms with Crippen LogP contribution >= 0.6 is 0 Å². The molecule has 4 rings (SSSR count). The summed E-state index contributed by atoms with van der Waals surface area (Å²) >= 11 is 0. The number of aromatic nitrogens is 1. The van der Waals surface area contributed by atoms with E-state index in [1.807, 2.05) is 24.3 Å². The molecule has 7 heteroatoms. The van der Waals surface area contributed by atoms with Crippen LogP contribution in [0.3, 0.4) is 0 Å². The van der Waals surface area contributed by atoms with Crippen molar-refractivity contribution < 1.29 is 12.8 Å².